The smallest absolute Gasteiger partial charge is 0.0589 e. The molecule has 2 aromatic rings. The number of benzene rings is 2. The molecule has 2 aromatic carbocycles. The zero-order valence-corrected chi connectivity index (χ0v) is 11.5. The Labute approximate surface area is 114 Å². The van der Waals surface area contributed by atoms with Crippen molar-refractivity contribution in [3.63, 3.8) is 0 Å². The van der Waals surface area contributed by atoms with Crippen LogP contribution in [0.1, 0.15) is 54.0 Å². The van der Waals surface area contributed by atoms with Crippen molar-refractivity contribution < 1.29 is 0 Å². The molecule has 0 unspecified atom stereocenters. The van der Waals surface area contributed by atoms with E-state index in [0.29, 0.717) is 17.9 Å². The lowest BCUT2D eigenvalue weighted by atomic mass is 9.92. The van der Waals surface area contributed by atoms with Crippen LogP contribution < -0.4 is 5.32 Å². The SMILES string of the molecule is CC(C)c1ccc2c(c1)[C@H]1Cc3ccccc3[C@@H]1N2. The minimum atomic E-state index is 0.494. The first kappa shape index (κ1) is 11.1. The molecule has 0 spiro atoms. The van der Waals surface area contributed by atoms with Crippen LogP contribution in [0.5, 0.6) is 0 Å². The van der Waals surface area contributed by atoms with Gasteiger partial charge in [-0.2, -0.15) is 0 Å². The second-order valence-electron chi connectivity index (χ2n) is 6.13. The van der Waals surface area contributed by atoms with Gasteiger partial charge in [-0.25, -0.2) is 0 Å². The summed E-state index contributed by atoms with van der Waals surface area (Å²) >= 11 is 0. The van der Waals surface area contributed by atoms with Crippen molar-refractivity contribution in [2.45, 2.75) is 38.1 Å². The summed E-state index contributed by atoms with van der Waals surface area (Å²) in [5.41, 5.74) is 7.33. The van der Waals surface area contributed by atoms with Crippen molar-refractivity contribution in [1.29, 1.82) is 0 Å². The molecule has 0 fully saturated rings. The lowest BCUT2D eigenvalue weighted by Gasteiger charge is -2.11. The highest BCUT2D eigenvalue weighted by Gasteiger charge is 2.39. The first-order chi connectivity index (χ1) is 9.24. The summed E-state index contributed by atoms with van der Waals surface area (Å²) in [6.45, 7) is 4.54. The standard InChI is InChI=1S/C18H19N/c1-11(2)12-7-8-17-15(9-12)16-10-13-5-3-4-6-14(13)18(16)19-17/h3-9,11,16,18-19H,10H2,1-2H3/t16-,18+/m1/s1. The van der Waals surface area contributed by atoms with Gasteiger partial charge < -0.3 is 5.32 Å². The van der Waals surface area contributed by atoms with Crippen molar-refractivity contribution in [3.05, 3.63) is 64.7 Å². The fourth-order valence-electron chi connectivity index (χ4n) is 3.61. The Kier molecular flexibility index (Phi) is 2.26. The number of anilines is 1. The minimum absolute atomic E-state index is 0.494. The molecule has 1 nitrogen and oxygen atoms in total. The van der Waals surface area contributed by atoms with E-state index in [1.54, 1.807) is 0 Å². The van der Waals surface area contributed by atoms with E-state index in [-0.39, 0.29) is 0 Å². The fraction of sp³-hybridized carbons (Fsp3) is 0.333. The Morgan fingerprint density at radius 3 is 2.74 bits per heavy atom. The zero-order valence-electron chi connectivity index (χ0n) is 11.5. The quantitative estimate of drug-likeness (QED) is 0.777. The van der Waals surface area contributed by atoms with Crippen LogP contribution in [0.3, 0.4) is 0 Å². The largest absolute Gasteiger partial charge is 0.377 e. The number of rotatable bonds is 1. The second kappa shape index (κ2) is 3.86. The van der Waals surface area contributed by atoms with Gasteiger partial charge in [-0.1, -0.05) is 50.2 Å². The Morgan fingerprint density at radius 1 is 1.05 bits per heavy atom. The number of nitrogens with one attached hydrogen (secondary N) is 1. The Morgan fingerprint density at radius 2 is 1.89 bits per heavy atom. The normalized spacial score (nSPS) is 22.9. The van der Waals surface area contributed by atoms with Gasteiger partial charge in [0.15, 0.2) is 0 Å². The summed E-state index contributed by atoms with van der Waals surface area (Å²) in [5, 5.41) is 3.72. The predicted molar refractivity (Wildman–Crippen MR) is 79.8 cm³/mol. The van der Waals surface area contributed by atoms with Gasteiger partial charge in [-0.3, -0.25) is 0 Å². The van der Waals surface area contributed by atoms with Gasteiger partial charge in [0.1, 0.15) is 0 Å². The van der Waals surface area contributed by atoms with Crippen LogP contribution in [0.15, 0.2) is 42.5 Å². The predicted octanol–water partition coefficient (Wildman–Crippen LogP) is 4.62. The summed E-state index contributed by atoms with van der Waals surface area (Å²) in [6.07, 6.45) is 1.18. The summed E-state index contributed by atoms with van der Waals surface area (Å²) in [6, 6.07) is 16.3. The van der Waals surface area contributed by atoms with Crippen LogP contribution in [-0.2, 0) is 6.42 Å². The summed E-state index contributed by atoms with van der Waals surface area (Å²) in [5.74, 6) is 1.24. The molecule has 0 radical (unpaired) electrons. The van der Waals surface area contributed by atoms with Crippen LogP contribution in [0.2, 0.25) is 0 Å². The molecule has 0 saturated carbocycles. The van der Waals surface area contributed by atoms with Gasteiger partial charge in [0.05, 0.1) is 6.04 Å². The number of hydrogen-bond donors (Lipinski definition) is 1. The molecule has 0 bridgehead atoms. The highest BCUT2D eigenvalue weighted by Crippen LogP contribution is 2.51. The maximum atomic E-state index is 3.72. The van der Waals surface area contributed by atoms with E-state index in [2.05, 4.69) is 61.6 Å². The molecule has 0 saturated heterocycles. The summed E-state index contributed by atoms with van der Waals surface area (Å²) < 4.78 is 0. The average Bonchev–Trinajstić information content (AvgIpc) is 2.94. The molecule has 2 atom stereocenters. The van der Waals surface area contributed by atoms with E-state index < -0.39 is 0 Å². The van der Waals surface area contributed by atoms with E-state index in [1.165, 1.54) is 34.4 Å². The van der Waals surface area contributed by atoms with Crippen LogP contribution in [-0.4, -0.2) is 0 Å². The number of hydrogen-bond acceptors (Lipinski definition) is 1. The lowest BCUT2D eigenvalue weighted by molar-refractivity contribution is 0.675. The fourth-order valence-corrected chi connectivity index (χ4v) is 3.61. The molecule has 0 aromatic heterocycles. The third-order valence-corrected chi connectivity index (χ3v) is 4.69. The molecular weight excluding hydrogens is 230 g/mol. The first-order valence-corrected chi connectivity index (χ1v) is 7.22. The molecule has 1 heterocycles. The van der Waals surface area contributed by atoms with Crippen molar-refractivity contribution >= 4 is 5.69 Å². The third-order valence-electron chi connectivity index (χ3n) is 4.69. The topological polar surface area (TPSA) is 12.0 Å². The van der Waals surface area contributed by atoms with Gasteiger partial charge in [0.2, 0.25) is 0 Å². The van der Waals surface area contributed by atoms with Crippen LogP contribution >= 0.6 is 0 Å². The second-order valence-corrected chi connectivity index (χ2v) is 6.13. The van der Waals surface area contributed by atoms with Crippen LogP contribution in [0, 0.1) is 0 Å². The molecular formula is C18H19N. The van der Waals surface area contributed by atoms with E-state index in [1.807, 2.05) is 0 Å². The van der Waals surface area contributed by atoms with E-state index in [9.17, 15) is 0 Å². The Bertz CT molecular complexity index is 642. The van der Waals surface area contributed by atoms with Gasteiger partial charge in [-0.05, 0) is 40.7 Å². The Hall–Kier alpha value is -1.76. The maximum Gasteiger partial charge on any atom is 0.0589 e. The first-order valence-electron chi connectivity index (χ1n) is 7.22. The molecule has 2 aliphatic rings. The Balaban J connectivity index is 1.79. The lowest BCUT2D eigenvalue weighted by Crippen LogP contribution is -2.05. The molecule has 4 rings (SSSR count). The summed E-state index contributed by atoms with van der Waals surface area (Å²) in [7, 11) is 0. The monoisotopic (exact) mass is 249 g/mol. The van der Waals surface area contributed by atoms with Crippen LogP contribution in [0.4, 0.5) is 5.69 Å². The molecule has 19 heavy (non-hydrogen) atoms. The minimum Gasteiger partial charge on any atom is -0.377 e. The molecule has 0 amide bonds. The molecule has 1 aliphatic carbocycles. The van der Waals surface area contributed by atoms with E-state index in [4.69, 9.17) is 0 Å². The van der Waals surface area contributed by atoms with E-state index >= 15 is 0 Å². The van der Waals surface area contributed by atoms with Gasteiger partial charge in [-0.15, -0.1) is 0 Å². The van der Waals surface area contributed by atoms with Crippen molar-refractivity contribution in [2.24, 2.45) is 0 Å². The molecule has 1 aliphatic heterocycles. The molecule has 1 heteroatoms. The van der Waals surface area contributed by atoms with Crippen LogP contribution in [0.25, 0.3) is 0 Å². The van der Waals surface area contributed by atoms with Gasteiger partial charge in [0.25, 0.3) is 0 Å². The van der Waals surface area contributed by atoms with Crippen molar-refractivity contribution in [1.82, 2.24) is 0 Å². The molecule has 96 valence electrons. The van der Waals surface area contributed by atoms with Crippen molar-refractivity contribution in [3.8, 4) is 0 Å². The summed E-state index contributed by atoms with van der Waals surface area (Å²) in [4.78, 5) is 0. The molecule has 1 N–H and O–H groups in total. The highest BCUT2D eigenvalue weighted by atomic mass is 15.0. The number of fused-ring (bicyclic) bond motifs is 5. The van der Waals surface area contributed by atoms with Crippen molar-refractivity contribution in [2.75, 3.05) is 5.32 Å². The highest BCUT2D eigenvalue weighted by molar-refractivity contribution is 5.65. The van der Waals surface area contributed by atoms with Gasteiger partial charge >= 0.3 is 0 Å². The van der Waals surface area contributed by atoms with Gasteiger partial charge in [0, 0.05) is 11.6 Å². The average molecular weight is 249 g/mol. The third kappa shape index (κ3) is 1.54. The van der Waals surface area contributed by atoms with E-state index in [0.717, 1.165) is 0 Å². The maximum absolute atomic E-state index is 3.72. The zero-order chi connectivity index (χ0) is 13.0.